The lowest BCUT2D eigenvalue weighted by Gasteiger charge is -2.41. The first-order chi connectivity index (χ1) is 22.6. The normalized spacial score (nSPS) is 35.4. The van der Waals surface area contributed by atoms with Crippen LogP contribution in [0.25, 0.3) is 11.4 Å². The minimum Gasteiger partial charge on any atom is -0.455 e. The van der Waals surface area contributed by atoms with Crippen LogP contribution >= 0.6 is 0 Å². The van der Waals surface area contributed by atoms with Gasteiger partial charge in [-0.3, -0.25) is 19.4 Å². The van der Waals surface area contributed by atoms with E-state index in [2.05, 4.69) is 27.5 Å². The van der Waals surface area contributed by atoms with Crippen LogP contribution in [0.15, 0.2) is 30.6 Å². The number of methoxy groups -OCH3 is 1. The Hall–Kier alpha value is -3.39. The van der Waals surface area contributed by atoms with Gasteiger partial charge in [-0.2, -0.15) is 0 Å². The van der Waals surface area contributed by atoms with Crippen LogP contribution in [-0.2, 0) is 30.3 Å². The molecule has 0 spiro atoms. The second-order valence-corrected chi connectivity index (χ2v) is 14.2. The average Bonchev–Trinajstić information content (AvgIpc) is 3.64. The quantitative estimate of drug-likeness (QED) is 0.191. The average molecular weight is 671 g/mol. The zero-order chi connectivity index (χ0) is 35.4. The molecule has 48 heavy (non-hydrogen) atoms. The summed E-state index contributed by atoms with van der Waals surface area (Å²) < 4.78 is 35.8. The second kappa shape index (κ2) is 15.0. The van der Waals surface area contributed by atoms with Crippen LogP contribution in [0, 0.1) is 11.8 Å². The van der Waals surface area contributed by atoms with Crippen molar-refractivity contribution in [1.29, 1.82) is 0 Å². The van der Waals surface area contributed by atoms with Gasteiger partial charge in [-0.05, 0) is 83.8 Å². The Labute approximate surface area is 284 Å². The molecule has 2 aromatic rings. The summed E-state index contributed by atoms with van der Waals surface area (Å²) in [7, 11) is 3.45. The Morgan fingerprint density at radius 3 is 2.46 bits per heavy atom. The monoisotopic (exact) mass is 670 g/mol. The van der Waals surface area contributed by atoms with Gasteiger partial charge in [0, 0.05) is 38.4 Å². The van der Waals surface area contributed by atoms with E-state index in [4.69, 9.17) is 14.2 Å². The molecule has 2 fully saturated rings. The summed E-state index contributed by atoms with van der Waals surface area (Å²) in [5.41, 5.74) is -3.57. The van der Waals surface area contributed by atoms with Crippen LogP contribution in [0.3, 0.4) is 0 Å². The number of hydrogen-bond acceptors (Lipinski definition) is 10. The molecule has 0 aromatic carbocycles. The highest BCUT2D eigenvalue weighted by Crippen LogP contribution is 2.41. The minimum absolute atomic E-state index is 0.0975. The summed E-state index contributed by atoms with van der Waals surface area (Å²) in [5.74, 6) is -3.27. The Morgan fingerprint density at radius 2 is 1.81 bits per heavy atom. The maximum Gasteiger partial charge on any atom is 0.410 e. The van der Waals surface area contributed by atoms with E-state index in [0.717, 1.165) is 12.6 Å². The van der Waals surface area contributed by atoms with Gasteiger partial charge in [-0.15, -0.1) is 5.10 Å². The fraction of sp³-hybridized carbons (Fsp3) is 0.706. The molecule has 1 amide bonds. The number of esters is 1. The number of carbonyl (C=O) groups is 3. The molecule has 1 N–H and O–H groups in total. The van der Waals surface area contributed by atoms with Crippen molar-refractivity contribution in [2.24, 2.45) is 11.8 Å². The van der Waals surface area contributed by atoms with Crippen molar-refractivity contribution in [2.75, 3.05) is 20.2 Å². The molecule has 0 radical (unpaired) electrons. The van der Waals surface area contributed by atoms with Crippen LogP contribution in [0.4, 0.5) is 9.18 Å². The number of fused-ring (bicyclic) bond motifs is 1. The van der Waals surface area contributed by atoms with E-state index in [0.29, 0.717) is 44.6 Å². The number of rotatable bonds is 8. The van der Waals surface area contributed by atoms with Gasteiger partial charge in [-0.1, -0.05) is 32.1 Å². The molecule has 0 aliphatic carbocycles. The van der Waals surface area contributed by atoms with E-state index < -0.39 is 58.6 Å². The number of unbranched alkanes of at least 4 members (excludes halogenated alkanes) is 1. The molecule has 0 saturated carbocycles. The van der Waals surface area contributed by atoms with Crippen LogP contribution in [-0.4, -0.2) is 106 Å². The summed E-state index contributed by atoms with van der Waals surface area (Å²) in [6.45, 7) is 13.7. The summed E-state index contributed by atoms with van der Waals surface area (Å²) >= 11 is 0. The zero-order valence-electron chi connectivity index (χ0n) is 29.9. The van der Waals surface area contributed by atoms with Gasteiger partial charge in [-0.25, -0.2) is 14.0 Å². The zero-order valence-corrected chi connectivity index (χ0v) is 29.9. The molecule has 0 unspecified atom stereocenters. The number of pyridine rings is 1. The third kappa shape index (κ3) is 7.59. The standard InChI is InChI=1S/C34H52BFN6O6/c1-9-26-34(7)28(42(31(45)48-34)17-13-12-16-41-20-25(39-40-41)24-14-10-11-15-37-24)23(4)38-19-21(2)18-32(5,46-8)27(35)22(3)29(43)33(6,36)30(44)47-26/h10-11,14-15,20-23,26-28,38H,9,12-13,16-19,35H2,1-8H3/t21-,22+,23-,26-,27-,28-,32-,33+,34-/m1/s1. The number of amides is 1. The number of aryl methyl sites for hydroxylation is 1. The van der Waals surface area contributed by atoms with E-state index in [-0.39, 0.29) is 18.4 Å². The van der Waals surface area contributed by atoms with E-state index in [1.54, 1.807) is 43.7 Å². The fourth-order valence-corrected chi connectivity index (χ4v) is 7.43. The third-order valence-electron chi connectivity index (χ3n) is 10.7. The first-order valence-corrected chi connectivity index (χ1v) is 17.1. The van der Waals surface area contributed by atoms with E-state index in [1.807, 2.05) is 46.1 Å². The molecule has 2 aliphatic rings. The molecule has 264 valence electrons. The number of nitrogens with zero attached hydrogens (tertiary/aromatic N) is 5. The molecule has 9 atom stereocenters. The Bertz CT molecular complexity index is 1430. The Kier molecular flexibility index (Phi) is 11.7. The van der Waals surface area contributed by atoms with Crippen molar-refractivity contribution in [1.82, 2.24) is 30.2 Å². The largest absolute Gasteiger partial charge is 0.455 e. The summed E-state index contributed by atoms with van der Waals surface area (Å²) in [6, 6.07) is 4.76. The fourth-order valence-electron chi connectivity index (χ4n) is 7.43. The summed E-state index contributed by atoms with van der Waals surface area (Å²) in [4.78, 5) is 46.6. The molecule has 2 aliphatic heterocycles. The third-order valence-corrected chi connectivity index (χ3v) is 10.7. The van der Waals surface area contributed by atoms with Gasteiger partial charge in [0.15, 0.2) is 11.4 Å². The van der Waals surface area contributed by atoms with Gasteiger partial charge in [0.1, 0.15) is 19.6 Å². The van der Waals surface area contributed by atoms with Crippen molar-refractivity contribution in [2.45, 2.75) is 122 Å². The lowest BCUT2D eigenvalue weighted by Crippen LogP contribution is -2.61. The molecule has 14 heteroatoms. The maximum absolute atomic E-state index is 16.2. The number of Topliss-reactive ketones (excluding diaryl/α,β-unsaturated/α-hetero) is 1. The predicted molar refractivity (Wildman–Crippen MR) is 181 cm³/mol. The van der Waals surface area contributed by atoms with E-state index in [1.165, 1.54) is 0 Å². The number of alkyl halides is 1. The topological polar surface area (TPSA) is 138 Å². The molecule has 4 heterocycles. The summed E-state index contributed by atoms with van der Waals surface area (Å²) in [5, 5.41) is 12.1. The molecular weight excluding hydrogens is 618 g/mol. The molecular formula is C34H52BFN6O6. The predicted octanol–water partition coefficient (Wildman–Crippen LogP) is 3.80. The van der Waals surface area contributed by atoms with E-state index >= 15 is 4.39 Å². The number of halogens is 1. The SMILES string of the molecule is B[C@@H]1[C@H](C)C(=O)[C@](C)(F)C(=O)O[C@H](CC)[C@@]2(C)OC(=O)N(CCCCn3cc(-c4ccccn4)nn3)[C@@H]2[C@@H](C)NC[C@H](C)C[C@@]1(C)OC. The van der Waals surface area contributed by atoms with Crippen LogP contribution in [0.5, 0.6) is 0 Å². The van der Waals surface area contributed by atoms with Gasteiger partial charge < -0.3 is 19.5 Å². The highest BCUT2D eigenvalue weighted by Gasteiger charge is 2.59. The highest BCUT2D eigenvalue weighted by atomic mass is 19.1. The van der Waals surface area contributed by atoms with Crippen molar-refractivity contribution in [3.05, 3.63) is 30.6 Å². The second-order valence-electron chi connectivity index (χ2n) is 14.2. The lowest BCUT2D eigenvalue weighted by atomic mass is 9.62. The van der Waals surface area contributed by atoms with Crippen molar-refractivity contribution >= 4 is 25.7 Å². The molecule has 0 bridgehead atoms. The van der Waals surface area contributed by atoms with Gasteiger partial charge in [0.25, 0.3) is 5.67 Å². The Balaban J connectivity index is 1.57. The van der Waals surface area contributed by atoms with Crippen LogP contribution in [0.1, 0.15) is 74.1 Å². The first kappa shape index (κ1) is 37.4. The minimum atomic E-state index is -2.91. The number of carbonyl (C=O) groups excluding carboxylic acids is 3. The van der Waals surface area contributed by atoms with E-state index in [9.17, 15) is 14.4 Å². The van der Waals surface area contributed by atoms with Crippen molar-refractivity contribution in [3.63, 3.8) is 0 Å². The first-order valence-electron chi connectivity index (χ1n) is 17.1. The number of nitrogens with one attached hydrogen (secondary N) is 1. The highest BCUT2D eigenvalue weighted by molar-refractivity contribution is 6.17. The van der Waals surface area contributed by atoms with Crippen molar-refractivity contribution in [3.8, 4) is 11.4 Å². The Morgan fingerprint density at radius 1 is 1.10 bits per heavy atom. The molecule has 2 saturated heterocycles. The smallest absolute Gasteiger partial charge is 0.410 e. The number of ketones is 1. The number of cyclic esters (lactones) is 1. The maximum atomic E-state index is 16.2. The number of hydrogen-bond donors (Lipinski definition) is 1. The van der Waals surface area contributed by atoms with Crippen LogP contribution in [0.2, 0.25) is 5.82 Å². The van der Waals surface area contributed by atoms with Gasteiger partial charge >= 0.3 is 12.1 Å². The number of aromatic nitrogens is 4. The van der Waals surface area contributed by atoms with Crippen molar-refractivity contribution < 1.29 is 33.0 Å². The summed E-state index contributed by atoms with van der Waals surface area (Å²) in [6.07, 6.45) is 4.18. The number of ether oxygens (including phenoxy) is 3. The molecule has 12 nitrogen and oxygen atoms in total. The van der Waals surface area contributed by atoms with Gasteiger partial charge in [0.2, 0.25) is 0 Å². The molecule has 2 aromatic heterocycles. The lowest BCUT2D eigenvalue weighted by molar-refractivity contribution is -0.179. The van der Waals surface area contributed by atoms with Crippen LogP contribution < -0.4 is 5.32 Å². The van der Waals surface area contributed by atoms with Gasteiger partial charge in [0.05, 0.1) is 23.5 Å². The molecule has 4 rings (SSSR count).